The molecule has 1 aliphatic heterocycles. The first-order valence-electron chi connectivity index (χ1n) is 7.80. The third-order valence-electron chi connectivity index (χ3n) is 3.52. The van der Waals surface area contributed by atoms with Crippen molar-refractivity contribution in [2.45, 2.75) is 59.1 Å². The van der Waals surface area contributed by atoms with Gasteiger partial charge in [-0.2, -0.15) is 0 Å². The van der Waals surface area contributed by atoms with Gasteiger partial charge in [-0.05, 0) is 59.7 Å². The van der Waals surface area contributed by atoms with E-state index >= 15 is 0 Å². The lowest BCUT2D eigenvalue weighted by molar-refractivity contribution is 0.0202. The topological polar surface area (TPSA) is 44.8 Å². The summed E-state index contributed by atoms with van der Waals surface area (Å²) >= 11 is 5.42. The second kappa shape index (κ2) is 7.82. The van der Waals surface area contributed by atoms with Crippen LogP contribution in [0, 0.1) is 0 Å². The first-order valence-corrected chi connectivity index (χ1v) is 8.21. The first kappa shape index (κ1) is 18.0. The molecule has 0 atom stereocenters. The summed E-state index contributed by atoms with van der Waals surface area (Å²) in [4.78, 5) is 15.9. The van der Waals surface area contributed by atoms with Crippen molar-refractivity contribution in [3.63, 3.8) is 0 Å². The second-order valence-electron chi connectivity index (χ2n) is 6.36. The average Bonchev–Trinajstić information content (AvgIpc) is 2.39. The molecule has 0 saturated carbocycles. The van der Waals surface area contributed by atoms with E-state index in [1.54, 1.807) is 4.90 Å². The molecule has 1 rings (SSSR count). The molecule has 6 heteroatoms. The SMILES string of the molecule is CCN(CC)C(=S)NC1CCN(C(=O)OC(C)(C)C)CC1. The van der Waals surface area contributed by atoms with E-state index in [1.807, 2.05) is 20.8 Å². The molecule has 1 saturated heterocycles. The van der Waals surface area contributed by atoms with Crippen LogP contribution in [-0.4, -0.2) is 58.8 Å². The van der Waals surface area contributed by atoms with Crippen LogP contribution in [0.15, 0.2) is 0 Å². The Balaban J connectivity index is 2.39. The van der Waals surface area contributed by atoms with Crippen molar-refractivity contribution in [3.8, 4) is 0 Å². The summed E-state index contributed by atoms with van der Waals surface area (Å²) < 4.78 is 5.40. The molecule has 5 nitrogen and oxygen atoms in total. The van der Waals surface area contributed by atoms with Crippen molar-refractivity contribution < 1.29 is 9.53 Å². The number of piperidine rings is 1. The van der Waals surface area contributed by atoms with Crippen molar-refractivity contribution in [2.75, 3.05) is 26.2 Å². The molecule has 0 unspecified atom stereocenters. The summed E-state index contributed by atoms with van der Waals surface area (Å²) in [5.41, 5.74) is -0.434. The monoisotopic (exact) mass is 315 g/mol. The van der Waals surface area contributed by atoms with Gasteiger partial charge in [0.1, 0.15) is 5.60 Å². The van der Waals surface area contributed by atoms with E-state index in [0.717, 1.165) is 31.0 Å². The minimum Gasteiger partial charge on any atom is -0.444 e. The lowest BCUT2D eigenvalue weighted by Crippen LogP contribution is -2.50. The molecule has 1 heterocycles. The van der Waals surface area contributed by atoms with Crippen molar-refractivity contribution in [1.29, 1.82) is 0 Å². The zero-order valence-corrected chi connectivity index (χ0v) is 14.8. The number of nitrogens with one attached hydrogen (secondary N) is 1. The zero-order valence-electron chi connectivity index (χ0n) is 13.9. The van der Waals surface area contributed by atoms with Crippen LogP contribution in [0.2, 0.25) is 0 Å². The van der Waals surface area contributed by atoms with Gasteiger partial charge in [-0.1, -0.05) is 0 Å². The second-order valence-corrected chi connectivity index (χ2v) is 6.75. The lowest BCUT2D eigenvalue weighted by Gasteiger charge is -2.35. The van der Waals surface area contributed by atoms with Crippen molar-refractivity contribution in [2.24, 2.45) is 0 Å². The van der Waals surface area contributed by atoms with Crippen LogP contribution in [-0.2, 0) is 4.74 Å². The molecule has 1 amide bonds. The van der Waals surface area contributed by atoms with Crippen LogP contribution >= 0.6 is 12.2 Å². The summed E-state index contributed by atoms with van der Waals surface area (Å²) in [6.07, 6.45) is 1.59. The zero-order chi connectivity index (χ0) is 16.0. The van der Waals surface area contributed by atoms with Gasteiger partial charge in [-0.15, -0.1) is 0 Å². The normalized spacial score (nSPS) is 16.5. The molecular formula is C15H29N3O2S. The Kier molecular flexibility index (Phi) is 6.71. The molecule has 0 radical (unpaired) electrons. The van der Waals surface area contributed by atoms with Gasteiger partial charge in [0.25, 0.3) is 0 Å². The third kappa shape index (κ3) is 6.08. The van der Waals surface area contributed by atoms with Crippen LogP contribution in [0.1, 0.15) is 47.5 Å². The Labute approximate surface area is 134 Å². The summed E-state index contributed by atoms with van der Waals surface area (Å²) in [7, 11) is 0. The fraction of sp³-hybridized carbons (Fsp3) is 0.867. The Morgan fingerprint density at radius 1 is 1.29 bits per heavy atom. The smallest absolute Gasteiger partial charge is 0.410 e. The van der Waals surface area contributed by atoms with Gasteiger partial charge in [-0.3, -0.25) is 0 Å². The maximum Gasteiger partial charge on any atom is 0.410 e. The maximum absolute atomic E-state index is 12.0. The van der Waals surface area contributed by atoms with Gasteiger partial charge in [-0.25, -0.2) is 4.79 Å². The fourth-order valence-corrected chi connectivity index (χ4v) is 2.73. The number of ether oxygens (including phenoxy) is 1. The summed E-state index contributed by atoms with van der Waals surface area (Å²) in [5.74, 6) is 0. The van der Waals surface area contributed by atoms with Crippen LogP contribution < -0.4 is 5.32 Å². The Morgan fingerprint density at radius 2 is 1.81 bits per heavy atom. The lowest BCUT2D eigenvalue weighted by atomic mass is 10.1. The molecule has 0 bridgehead atoms. The summed E-state index contributed by atoms with van der Waals surface area (Å²) in [5, 5.41) is 4.22. The first-order chi connectivity index (χ1) is 9.76. The predicted octanol–water partition coefficient (Wildman–Crippen LogP) is 2.60. The standard InChI is InChI=1S/C15H29N3O2S/c1-6-17(7-2)13(21)16-12-8-10-18(11-9-12)14(19)20-15(3,4)5/h12H,6-11H2,1-5H3,(H,16,21). The molecular weight excluding hydrogens is 286 g/mol. The van der Waals surface area contributed by atoms with Gasteiger partial charge in [0.2, 0.25) is 0 Å². The number of hydrogen-bond donors (Lipinski definition) is 1. The van der Waals surface area contributed by atoms with Crippen LogP contribution in [0.3, 0.4) is 0 Å². The summed E-state index contributed by atoms with van der Waals surface area (Å²) in [6, 6.07) is 0.344. The van der Waals surface area contributed by atoms with E-state index in [-0.39, 0.29) is 6.09 Å². The van der Waals surface area contributed by atoms with Crippen molar-refractivity contribution >= 4 is 23.4 Å². The molecule has 21 heavy (non-hydrogen) atoms. The van der Waals surface area contributed by atoms with Gasteiger partial charge >= 0.3 is 6.09 Å². The molecule has 0 aromatic carbocycles. The highest BCUT2D eigenvalue weighted by molar-refractivity contribution is 7.80. The minimum absolute atomic E-state index is 0.215. The number of rotatable bonds is 3. The largest absolute Gasteiger partial charge is 0.444 e. The Bertz CT molecular complexity index is 356. The molecule has 0 spiro atoms. The third-order valence-corrected chi connectivity index (χ3v) is 3.90. The molecule has 1 N–H and O–H groups in total. The van der Waals surface area contributed by atoms with E-state index in [1.165, 1.54) is 0 Å². The van der Waals surface area contributed by atoms with Crippen LogP contribution in [0.4, 0.5) is 4.79 Å². The number of likely N-dealkylation sites (tertiary alicyclic amines) is 1. The quantitative estimate of drug-likeness (QED) is 0.811. The maximum atomic E-state index is 12.0. The molecule has 0 aliphatic carbocycles. The summed E-state index contributed by atoms with van der Waals surface area (Å²) in [6.45, 7) is 13.1. The van der Waals surface area contributed by atoms with Gasteiger partial charge in [0, 0.05) is 32.2 Å². The van der Waals surface area contributed by atoms with Gasteiger partial charge < -0.3 is 19.9 Å². The van der Waals surface area contributed by atoms with Crippen LogP contribution in [0.5, 0.6) is 0 Å². The van der Waals surface area contributed by atoms with Crippen LogP contribution in [0.25, 0.3) is 0 Å². The average molecular weight is 315 g/mol. The minimum atomic E-state index is -0.434. The highest BCUT2D eigenvalue weighted by Gasteiger charge is 2.27. The Hall–Kier alpha value is -1.04. The van der Waals surface area contributed by atoms with E-state index in [9.17, 15) is 4.79 Å². The molecule has 122 valence electrons. The number of thiocarbonyl (C=S) groups is 1. The number of hydrogen-bond acceptors (Lipinski definition) is 3. The molecule has 0 aromatic heterocycles. The van der Waals surface area contributed by atoms with E-state index in [0.29, 0.717) is 19.1 Å². The Morgan fingerprint density at radius 3 is 2.24 bits per heavy atom. The predicted molar refractivity (Wildman–Crippen MR) is 89.5 cm³/mol. The number of carbonyl (C=O) groups excluding carboxylic acids is 1. The highest BCUT2D eigenvalue weighted by Crippen LogP contribution is 2.15. The van der Waals surface area contributed by atoms with E-state index in [2.05, 4.69) is 24.1 Å². The van der Waals surface area contributed by atoms with Gasteiger partial charge in [0.15, 0.2) is 5.11 Å². The number of carbonyl (C=O) groups is 1. The molecule has 0 aromatic rings. The number of amides is 1. The molecule has 1 aliphatic rings. The van der Waals surface area contributed by atoms with E-state index < -0.39 is 5.60 Å². The number of nitrogens with zero attached hydrogens (tertiary/aromatic N) is 2. The highest BCUT2D eigenvalue weighted by atomic mass is 32.1. The molecule has 1 fully saturated rings. The van der Waals surface area contributed by atoms with Crippen molar-refractivity contribution in [1.82, 2.24) is 15.1 Å². The van der Waals surface area contributed by atoms with Crippen molar-refractivity contribution in [3.05, 3.63) is 0 Å². The fourth-order valence-electron chi connectivity index (χ4n) is 2.31. The van der Waals surface area contributed by atoms with Gasteiger partial charge in [0.05, 0.1) is 0 Å². The van der Waals surface area contributed by atoms with E-state index in [4.69, 9.17) is 17.0 Å².